The number of fused-ring (bicyclic) bond motifs is 1. The van der Waals surface area contributed by atoms with E-state index in [9.17, 15) is 14.4 Å². The summed E-state index contributed by atoms with van der Waals surface area (Å²) in [6.45, 7) is 3.72. The molecule has 1 aliphatic heterocycles. The number of halogens is 1. The summed E-state index contributed by atoms with van der Waals surface area (Å²) >= 11 is 2.13. The summed E-state index contributed by atoms with van der Waals surface area (Å²) in [4.78, 5) is 39.8. The minimum absolute atomic E-state index is 0.0544. The largest absolute Gasteiger partial charge is 0.466 e. The third-order valence-electron chi connectivity index (χ3n) is 3.79. The Hall–Kier alpha value is -1.64. The molecular formula is C16H19IN2O4. The van der Waals surface area contributed by atoms with Gasteiger partial charge < -0.3 is 14.5 Å². The van der Waals surface area contributed by atoms with E-state index >= 15 is 0 Å². The number of ether oxygens (including phenoxy) is 1. The molecule has 0 saturated carbocycles. The standard InChI is InChI=1S/C16H19IN2O4/c1-4-23-15(21)7-10(2)19-9-14(20)18(3)13-6-5-11(17)8-12(13)16(19)22/h5-6,8,10H,4,7,9H2,1-3H3/t10-/m1/s1. The van der Waals surface area contributed by atoms with E-state index in [0.717, 1.165) is 3.57 Å². The van der Waals surface area contributed by atoms with E-state index in [0.29, 0.717) is 17.9 Å². The molecule has 7 heteroatoms. The van der Waals surface area contributed by atoms with Crippen LogP contribution in [0.4, 0.5) is 5.69 Å². The van der Waals surface area contributed by atoms with Gasteiger partial charge in [0, 0.05) is 16.7 Å². The van der Waals surface area contributed by atoms with Gasteiger partial charge >= 0.3 is 5.97 Å². The van der Waals surface area contributed by atoms with Crippen molar-refractivity contribution in [1.82, 2.24) is 4.90 Å². The van der Waals surface area contributed by atoms with Crippen molar-refractivity contribution in [3.8, 4) is 0 Å². The van der Waals surface area contributed by atoms with Gasteiger partial charge in [-0.2, -0.15) is 0 Å². The minimum atomic E-state index is -0.414. The molecule has 0 aliphatic carbocycles. The molecule has 0 aromatic heterocycles. The number of carbonyl (C=O) groups excluding carboxylic acids is 3. The van der Waals surface area contributed by atoms with Crippen LogP contribution in [0.3, 0.4) is 0 Å². The van der Waals surface area contributed by atoms with Gasteiger partial charge in [0.1, 0.15) is 6.54 Å². The zero-order chi connectivity index (χ0) is 17.1. The highest BCUT2D eigenvalue weighted by Crippen LogP contribution is 2.27. The zero-order valence-corrected chi connectivity index (χ0v) is 15.5. The number of hydrogen-bond acceptors (Lipinski definition) is 4. The third kappa shape index (κ3) is 3.82. The summed E-state index contributed by atoms with van der Waals surface area (Å²) in [5.41, 5.74) is 1.06. The van der Waals surface area contributed by atoms with Crippen molar-refractivity contribution < 1.29 is 19.1 Å². The second kappa shape index (κ2) is 7.29. The van der Waals surface area contributed by atoms with Gasteiger partial charge in [-0.05, 0) is 54.6 Å². The lowest BCUT2D eigenvalue weighted by atomic mass is 10.1. The highest BCUT2D eigenvalue weighted by Gasteiger charge is 2.33. The second-order valence-corrected chi connectivity index (χ2v) is 6.65. The van der Waals surface area contributed by atoms with E-state index in [4.69, 9.17) is 4.74 Å². The van der Waals surface area contributed by atoms with Crippen LogP contribution in [0.1, 0.15) is 30.6 Å². The van der Waals surface area contributed by atoms with Crippen molar-refractivity contribution in [2.24, 2.45) is 0 Å². The summed E-state index contributed by atoms with van der Waals surface area (Å²) < 4.78 is 5.85. The Bertz CT molecular complexity index is 647. The van der Waals surface area contributed by atoms with Crippen molar-refractivity contribution in [1.29, 1.82) is 0 Å². The number of esters is 1. The lowest BCUT2D eigenvalue weighted by Gasteiger charge is -2.26. The molecule has 0 fully saturated rings. The van der Waals surface area contributed by atoms with Crippen molar-refractivity contribution >= 4 is 46.1 Å². The summed E-state index contributed by atoms with van der Waals surface area (Å²) in [6.07, 6.45) is 0.0653. The normalized spacial score (nSPS) is 16.0. The molecule has 0 unspecified atom stereocenters. The Kier molecular flexibility index (Phi) is 5.61. The number of benzene rings is 1. The molecule has 0 N–H and O–H groups in total. The average molecular weight is 430 g/mol. The maximum absolute atomic E-state index is 12.9. The lowest BCUT2D eigenvalue weighted by molar-refractivity contribution is -0.144. The monoisotopic (exact) mass is 430 g/mol. The van der Waals surface area contributed by atoms with Crippen molar-refractivity contribution in [3.05, 3.63) is 27.3 Å². The summed E-state index contributed by atoms with van der Waals surface area (Å²) in [5.74, 6) is -0.803. The van der Waals surface area contributed by atoms with Crippen LogP contribution in [0.25, 0.3) is 0 Å². The molecule has 23 heavy (non-hydrogen) atoms. The van der Waals surface area contributed by atoms with Gasteiger partial charge in [0.15, 0.2) is 0 Å². The van der Waals surface area contributed by atoms with Crippen LogP contribution in [0.15, 0.2) is 18.2 Å². The average Bonchev–Trinajstić information content (AvgIpc) is 2.58. The minimum Gasteiger partial charge on any atom is -0.466 e. The molecule has 0 bridgehead atoms. The fourth-order valence-electron chi connectivity index (χ4n) is 2.51. The number of hydrogen-bond donors (Lipinski definition) is 0. The van der Waals surface area contributed by atoms with Gasteiger partial charge in [-0.3, -0.25) is 14.4 Å². The third-order valence-corrected chi connectivity index (χ3v) is 4.46. The topological polar surface area (TPSA) is 66.9 Å². The quantitative estimate of drug-likeness (QED) is 0.542. The van der Waals surface area contributed by atoms with Crippen LogP contribution in [0.5, 0.6) is 0 Å². The molecule has 124 valence electrons. The first-order valence-electron chi connectivity index (χ1n) is 7.37. The fraction of sp³-hybridized carbons (Fsp3) is 0.438. The Morgan fingerprint density at radius 2 is 2.09 bits per heavy atom. The molecule has 1 aromatic carbocycles. The Morgan fingerprint density at radius 1 is 1.39 bits per heavy atom. The maximum atomic E-state index is 12.9. The summed E-state index contributed by atoms with van der Waals surface area (Å²) in [5, 5.41) is 0. The number of anilines is 1. The van der Waals surface area contributed by atoms with Crippen LogP contribution in [-0.4, -0.2) is 48.9 Å². The predicted molar refractivity (Wildman–Crippen MR) is 94.3 cm³/mol. The Labute approximate surface area is 148 Å². The van der Waals surface area contributed by atoms with Gasteiger partial charge in [-0.25, -0.2) is 0 Å². The lowest BCUT2D eigenvalue weighted by Crippen LogP contribution is -2.44. The van der Waals surface area contributed by atoms with Crippen LogP contribution in [0.2, 0.25) is 0 Å². The van der Waals surface area contributed by atoms with E-state index < -0.39 is 6.04 Å². The number of likely N-dealkylation sites (N-methyl/N-ethyl adjacent to an activating group) is 1. The van der Waals surface area contributed by atoms with Gasteiger partial charge in [0.25, 0.3) is 5.91 Å². The molecule has 1 heterocycles. The number of rotatable bonds is 4. The fourth-order valence-corrected chi connectivity index (χ4v) is 3.00. The summed E-state index contributed by atoms with van der Waals surface area (Å²) in [7, 11) is 1.65. The van der Waals surface area contributed by atoms with Gasteiger partial charge in [-0.1, -0.05) is 0 Å². The molecule has 2 amide bonds. The van der Waals surface area contributed by atoms with E-state index in [1.807, 2.05) is 6.07 Å². The smallest absolute Gasteiger partial charge is 0.307 e. The van der Waals surface area contributed by atoms with Crippen LogP contribution < -0.4 is 4.90 Å². The first-order valence-corrected chi connectivity index (χ1v) is 8.45. The Balaban J connectivity index is 2.34. The predicted octanol–water partition coefficient (Wildman–Crippen LogP) is 2.05. The first-order chi connectivity index (χ1) is 10.8. The Morgan fingerprint density at radius 3 is 2.74 bits per heavy atom. The van der Waals surface area contributed by atoms with E-state index in [2.05, 4.69) is 22.6 Å². The molecule has 0 spiro atoms. The molecule has 2 rings (SSSR count). The summed E-state index contributed by atoms with van der Waals surface area (Å²) in [6, 6.07) is 4.97. The highest BCUT2D eigenvalue weighted by atomic mass is 127. The van der Waals surface area contributed by atoms with Gasteiger partial charge in [-0.15, -0.1) is 0 Å². The molecule has 0 radical (unpaired) electrons. The zero-order valence-electron chi connectivity index (χ0n) is 13.3. The molecule has 6 nitrogen and oxygen atoms in total. The molecule has 0 saturated heterocycles. The number of nitrogens with zero attached hydrogens (tertiary/aromatic N) is 2. The maximum Gasteiger partial charge on any atom is 0.307 e. The van der Waals surface area contributed by atoms with Crippen molar-refractivity contribution in [2.75, 3.05) is 25.1 Å². The van der Waals surface area contributed by atoms with E-state index in [1.165, 1.54) is 9.80 Å². The molecule has 1 atom stereocenters. The molecule has 1 aliphatic rings. The molecule has 1 aromatic rings. The van der Waals surface area contributed by atoms with E-state index in [-0.39, 0.29) is 30.7 Å². The van der Waals surface area contributed by atoms with Gasteiger partial charge in [0.2, 0.25) is 5.91 Å². The van der Waals surface area contributed by atoms with Crippen LogP contribution in [-0.2, 0) is 14.3 Å². The SMILES string of the molecule is CCOC(=O)C[C@@H](C)N1CC(=O)N(C)c2ccc(I)cc2C1=O. The van der Waals surface area contributed by atoms with Crippen LogP contribution in [0, 0.1) is 3.57 Å². The number of amides is 2. The van der Waals surface area contributed by atoms with Crippen LogP contribution >= 0.6 is 22.6 Å². The highest BCUT2D eigenvalue weighted by molar-refractivity contribution is 14.1. The number of carbonyl (C=O) groups is 3. The van der Waals surface area contributed by atoms with Gasteiger partial charge in [0.05, 0.1) is 24.3 Å². The first kappa shape index (κ1) is 17.7. The van der Waals surface area contributed by atoms with Crippen molar-refractivity contribution in [2.45, 2.75) is 26.3 Å². The van der Waals surface area contributed by atoms with Crippen molar-refractivity contribution in [3.63, 3.8) is 0 Å². The second-order valence-electron chi connectivity index (χ2n) is 5.41. The van der Waals surface area contributed by atoms with E-state index in [1.54, 1.807) is 33.0 Å². The molecular weight excluding hydrogens is 411 g/mol.